The number of anilines is 1. The smallest absolute Gasteiger partial charge is 0.274 e. The summed E-state index contributed by atoms with van der Waals surface area (Å²) in [6.45, 7) is 4.92. The van der Waals surface area contributed by atoms with Crippen LogP contribution in [0.15, 0.2) is 42.5 Å². The van der Waals surface area contributed by atoms with Crippen LogP contribution < -0.4 is 4.90 Å². The zero-order valence-electron chi connectivity index (χ0n) is 12.8. The van der Waals surface area contributed by atoms with Crippen molar-refractivity contribution >= 4 is 22.5 Å². The molecule has 3 nitrogen and oxygen atoms in total. The van der Waals surface area contributed by atoms with Crippen molar-refractivity contribution in [2.75, 3.05) is 11.4 Å². The molecule has 1 aliphatic rings. The molecule has 1 aromatic heterocycles. The van der Waals surface area contributed by atoms with E-state index in [0.717, 1.165) is 29.6 Å². The molecule has 4 rings (SSSR count). The normalized spacial score (nSPS) is 13.6. The molecule has 2 aromatic carbocycles. The lowest BCUT2D eigenvalue weighted by Crippen LogP contribution is -2.29. The number of hydrogen-bond donors (Lipinski definition) is 1. The number of rotatable bonds is 1. The Labute approximate surface area is 129 Å². The molecule has 0 aliphatic carbocycles. The molecular formula is C19H18N2O. The Morgan fingerprint density at radius 3 is 2.82 bits per heavy atom. The number of benzene rings is 2. The van der Waals surface area contributed by atoms with Gasteiger partial charge in [0.2, 0.25) is 0 Å². The molecule has 3 aromatic rings. The van der Waals surface area contributed by atoms with Gasteiger partial charge in [-0.25, -0.2) is 0 Å². The summed E-state index contributed by atoms with van der Waals surface area (Å²) in [6, 6.07) is 14.4. The lowest BCUT2D eigenvalue weighted by molar-refractivity contribution is 0.0985. The van der Waals surface area contributed by atoms with Crippen LogP contribution in [0.25, 0.3) is 10.9 Å². The molecular weight excluding hydrogens is 272 g/mol. The largest absolute Gasteiger partial charge is 0.350 e. The summed E-state index contributed by atoms with van der Waals surface area (Å²) in [5.41, 5.74) is 6.40. The number of para-hydroxylation sites is 1. The number of carbonyl (C=O) groups is 1. The predicted molar refractivity (Wildman–Crippen MR) is 89.6 cm³/mol. The van der Waals surface area contributed by atoms with Crippen molar-refractivity contribution in [2.45, 2.75) is 20.3 Å². The van der Waals surface area contributed by atoms with Crippen LogP contribution in [-0.2, 0) is 6.42 Å². The van der Waals surface area contributed by atoms with Crippen molar-refractivity contribution in [1.82, 2.24) is 4.98 Å². The molecule has 0 saturated carbocycles. The third-order valence-electron chi connectivity index (χ3n) is 4.45. The first-order valence-electron chi connectivity index (χ1n) is 7.63. The van der Waals surface area contributed by atoms with Crippen molar-refractivity contribution in [3.8, 4) is 0 Å². The van der Waals surface area contributed by atoms with Gasteiger partial charge in [0.25, 0.3) is 5.91 Å². The molecule has 0 atom stereocenters. The van der Waals surface area contributed by atoms with E-state index in [1.165, 1.54) is 16.7 Å². The predicted octanol–water partition coefficient (Wildman–Crippen LogP) is 3.99. The number of amides is 1. The maximum atomic E-state index is 12.9. The average Bonchev–Trinajstić information content (AvgIpc) is 3.10. The topological polar surface area (TPSA) is 36.1 Å². The number of H-pyrrole nitrogens is 1. The van der Waals surface area contributed by atoms with Crippen LogP contribution in [0.2, 0.25) is 0 Å². The Morgan fingerprint density at radius 2 is 1.95 bits per heavy atom. The average molecular weight is 290 g/mol. The molecule has 0 fully saturated rings. The summed E-state index contributed by atoms with van der Waals surface area (Å²) in [5.74, 6) is 0.0539. The minimum absolute atomic E-state index is 0.0539. The zero-order chi connectivity index (χ0) is 15.3. The number of carbonyl (C=O) groups excluding carboxylic acids is 1. The van der Waals surface area contributed by atoms with Crippen molar-refractivity contribution < 1.29 is 4.79 Å². The summed E-state index contributed by atoms with van der Waals surface area (Å²) in [7, 11) is 0. The molecule has 1 amide bonds. The molecule has 2 heterocycles. The first-order valence-corrected chi connectivity index (χ1v) is 7.63. The Hall–Kier alpha value is -2.55. The molecule has 0 bridgehead atoms. The number of aromatic amines is 1. The number of aromatic nitrogens is 1. The molecule has 22 heavy (non-hydrogen) atoms. The lowest BCUT2D eigenvalue weighted by atomic mass is 10.1. The number of nitrogens with zero attached hydrogens (tertiary/aromatic N) is 1. The van der Waals surface area contributed by atoms with E-state index in [0.29, 0.717) is 5.69 Å². The SMILES string of the molecule is Cc1cc(C)c2cc(C(=O)N3CCc4ccccc43)[nH]c2c1. The highest BCUT2D eigenvalue weighted by Gasteiger charge is 2.26. The molecule has 1 N–H and O–H groups in total. The quantitative estimate of drug-likeness (QED) is 0.723. The van der Waals surface area contributed by atoms with Crippen LogP contribution >= 0.6 is 0 Å². The van der Waals surface area contributed by atoms with E-state index in [-0.39, 0.29) is 5.91 Å². The highest BCUT2D eigenvalue weighted by atomic mass is 16.2. The minimum atomic E-state index is 0.0539. The van der Waals surface area contributed by atoms with Gasteiger partial charge in [-0.15, -0.1) is 0 Å². The molecule has 0 radical (unpaired) electrons. The Bertz CT molecular complexity index is 892. The standard InChI is InChI=1S/C19H18N2O/c1-12-9-13(2)15-11-17(20-16(15)10-12)19(22)21-8-7-14-5-3-4-6-18(14)21/h3-6,9-11,20H,7-8H2,1-2H3. The summed E-state index contributed by atoms with van der Waals surface area (Å²) >= 11 is 0. The van der Waals surface area contributed by atoms with E-state index in [1.54, 1.807) is 0 Å². The van der Waals surface area contributed by atoms with E-state index in [1.807, 2.05) is 29.2 Å². The van der Waals surface area contributed by atoms with Gasteiger partial charge in [0.05, 0.1) is 0 Å². The van der Waals surface area contributed by atoms with Gasteiger partial charge in [0.15, 0.2) is 0 Å². The lowest BCUT2D eigenvalue weighted by Gasteiger charge is -2.16. The van der Waals surface area contributed by atoms with Gasteiger partial charge in [0.1, 0.15) is 5.69 Å². The van der Waals surface area contributed by atoms with Gasteiger partial charge >= 0.3 is 0 Å². The van der Waals surface area contributed by atoms with Crippen molar-refractivity contribution in [2.24, 2.45) is 0 Å². The fourth-order valence-corrected chi connectivity index (χ4v) is 3.41. The number of nitrogens with one attached hydrogen (secondary N) is 1. The Kier molecular flexibility index (Phi) is 2.83. The second-order valence-corrected chi connectivity index (χ2v) is 6.06. The van der Waals surface area contributed by atoms with Crippen molar-refractivity contribution in [3.05, 3.63) is 64.8 Å². The van der Waals surface area contributed by atoms with Gasteiger partial charge < -0.3 is 9.88 Å². The third kappa shape index (κ3) is 1.93. The van der Waals surface area contributed by atoms with E-state index in [2.05, 4.69) is 37.0 Å². The van der Waals surface area contributed by atoms with E-state index in [9.17, 15) is 4.79 Å². The number of aryl methyl sites for hydroxylation is 2. The van der Waals surface area contributed by atoms with Crippen LogP contribution in [0.3, 0.4) is 0 Å². The van der Waals surface area contributed by atoms with Crippen LogP contribution in [0.5, 0.6) is 0 Å². The van der Waals surface area contributed by atoms with Crippen molar-refractivity contribution in [1.29, 1.82) is 0 Å². The van der Waals surface area contributed by atoms with E-state index in [4.69, 9.17) is 0 Å². The molecule has 3 heteroatoms. The Balaban J connectivity index is 1.77. The summed E-state index contributed by atoms with van der Waals surface area (Å²) in [5, 5.41) is 1.13. The van der Waals surface area contributed by atoms with Gasteiger partial charge in [-0.3, -0.25) is 4.79 Å². The number of hydrogen-bond acceptors (Lipinski definition) is 1. The summed E-state index contributed by atoms with van der Waals surface area (Å²) in [6.07, 6.45) is 0.931. The summed E-state index contributed by atoms with van der Waals surface area (Å²) < 4.78 is 0. The first kappa shape index (κ1) is 13.1. The van der Waals surface area contributed by atoms with Crippen LogP contribution in [-0.4, -0.2) is 17.4 Å². The fraction of sp³-hybridized carbons (Fsp3) is 0.211. The Morgan fingerprint density at radius 1 is 1.14 bits per heavy atom. The maximum absolute atomic E-state index is 12.9. The molecule has 0 unspecified atom stereocenters. The van der Waals surface area contributed by atoms with Gasteiger partial charge in [0, 0.05) is 23.1 Å². The van der Waals surface area contributed by atoms with Crippen LogP contribution in [0.1, 0.15) is 27.2 Å². The highest BCUT2D eigenvalue weighted by molar-refractivity contribution is 6.08. The van der Waals surface area contributed by atoms with E-state index >= 15 is 0 Å². The van der Waals surface area contributed by atoms with E-state index < -0.39 is 0 Å². The van der Waals surface area contributed by atoms with Gasteiger partial charge in [-0.1, -0.05) is 24.3 Å². The van der Waals surface area contributed by atoms with Gasteiger partial charge in [-0.05, 0) is 55.2 Å². The second-order valence-electron chi connectivity index (χ2n) is 6.06. The monoisotopic (exact) mass is 290 g/mol. The first-order chi connectivity index (χ1) is 10.6. The van der Waals surface area contributed by atoms with Gasteiger partial charge in [-0.2, -0.15) is 0 Å². The van der Waals surface area contributed by atoms with Crippen LogP contribution in [0, 0.1) is 13.8 Å². The second kappa shape index (κ2) is 4.73. The highest BCUT2D eigenvalue weighted by Crippen LogP contribution is 2.30. The molecule has 0 spiro atoms. The summed E-state index contributed by atoms with van der Waals surface area (Å²) in [4.78, 5) is 18.0. The molecule has 110 valence electrons. The third-order valence-corrected chi connectivity index (χ3v) is 4.45. The minimum Gasteiger partial charge on any atom is -0.350 e. The fourth-order valence-electron chi connectivity index (χ4n) is 3.41. The maximum Gasteiger partial charge on any atom is 0.274 e. The molecule has 0 saturated heterocycles. The zero-order valence-corrected chi connectivity index (χ0v) is 12.8. The molecule has 1 aliphatic heterocycles. The van der Waals surface area contributed by atoms with Crippen LogP contribution in [0.4, 0.5) is 5.69 Å². The van der Waals surface area contributed by atoms with Crippen molar-refractivity contribution in [3.63, 3.8) is 0 Å². The number of fused-ring (bicyclic) bond motifs is 2.